The van der Waals surface area contributed by atoms with Crippen LogP contribution in [0, 0.1) is 18.3 Å². The molecule has 2 N–H and O–H groups in total. The van der Waals surface area contributed by atoms with Gasteiger partial charge in [0, 0.05) is 12.6 Å². The molecule has 0 aliphatic carbocycles. The molecule has 2 aliphatic rings. The second kappa shape index (κ2) is 5.52. The molecule has 0 radical (unpaired) electrons. The molecule has 4 nitrogen and oxygen atoms in total. The van der Waals surface area contributed by atoms with Crippen molar-refractivity contribution in [3.63, 3.8) is 0 Å². The molecule has 0 spiro atoms. The minimum Gasteiger partial charge on any atom is -0.344 e. The molecule has 3 unspecified atom stereocenters. The van der Waals surface area contributed by atoms with Crippen LogP contribution < -0.4 is 10.6 Å². The SMILES string of the molecule is C#CCNC(=O)C(C)N1CCCC2CNCC21. The fraction of sp³-hybridized carbons (Fsp3) is 0.769. The van der Waals surface area contributed by atoms with Gasteiger partial charge in [0.2, 0.25) is 5.91 Å². The van der Waals surface area contributed by atoms with Gasteiger partial charge in [0.1, 0.15) is 0 Å². The Labute approximate surface area is 103 Å². The van der Waals surface area contributed by atoms with Gasteiger partial charge in [0.05, 0.1) is 12.6 Å². The summed E-state index contributed by atoms with van der Waals surface area (Å²) in [5, 5.41) is 6.20. The lowest BCUT2D eigenvalue weighted by molar-refractivity contribution is -0.127. The van der Waals surface area contributed by atoms with Crippen LogP contribution in [0.15, 0.2) is 0 Å². The minimum atomic E-state index is -0.0731. The Balaban J connectivity index is 1.95. The Morgan fingerprint density at radius 2 is 2.47 bits per heavy atom. The van der Waals surface area contributed by atoms with E-state index >= 15 is 0 Å². The Morgan fingerprint density at radius 3 is 3.24 bits per heavy atom. The van der Waals surface area contributed by atoms with Crippen LogP contribution in [0.25, 0.3) is 0 Å². The van der Waals surface area contributed by atoms with Crippen LogP contribution in [-0.4, -0.2) is 49.1 Å². The molecule has 2 fully saturated rings. The van der Waals surface area contributed by atoms with E-state index < -0.39 is 0 Å². The highest BCUT2D eigenvalue weighted by molar-refractivity contribution is 5.81. The summed E-state index contributed by atoms with van der Waals surface area (Å²) in [5.74, 6) is 3.21. The van der Waals surface area contributed by atoms with Crippen molar-refractivity contribution in [2.24, 2.45) is 5.92 Å². The van der Waals surface area contributed by atoms with Crippen LogP contribution in [0.3, 0.4) is 0 Å². The number of piperidine rings is 1. The third-order valence-electron chi connectivity index (χ3n) is 3.96. The summed E-state index contributed by atoms with van der Waals surface area (Å²) in [6.07, 6.45) is 7.63. The van der Waals surface area contributed by atoms with Crippen molar-refractivity contribution in [3.05, 3.63) is 0 Å². The van der Waals surface area contributed by atoms with E-state index in [0.29, 0.717) is 18.5 Å². The van der Waals surface area contributed by atoms with Gasteiger partial charge in [-0.05, 0) is 38.8 Å². The monoisotopic (exact) mass is 235 g/mol. The zero-order valence-electron chi connectivity index (χ0n) is 10.4. The summed E-state index contributed by atoms with van der Waals surface area (Å²) in [6.45, 7) is 5.43. The smallest absolute Gasteiger partial charge is 0.237 e. The molecule has 0 saturated carbocycles. The van der Waals surface area contributed by atoms with Gasteiger partial charge in [-0.3, -0.25) is 9.69 Å². The van der Waals surface area contributed by atoms with E-state index in [1.54, 1.807) is 0 Å². The zero-order valence-corrected chi connectivity index (χ0v) is 10.4. The molecule has 0 aromatic rings. The van der Waals surface area contributed by atoms with E-state index in [0.717, 1.165) is 19.6 Å². The van der Waals surface area contributed by atoms with Crippen LogP contribution in [-0.2, 0) is 4.79 Å². The molecular weight excluding hydrogens is 214 g/mol. The number of nitrogens with zero attached hydrogens (tertiary/aromatic N) is 1. The van der Waals surface area contributed by atoms with E-state index in [9.17, 15) is 4.79 Å². The highest BCUT2D eigenvalue weighted by atomic mass is 16.2. The number of hydrogen-bond acceptors (Lipinski definition) is 3. The molecule has 2 heterocycles. The second-order valence-corrected chi connectivity index (χ2v) is 4.96. The first kappa shape index (κ1) is 12.4. The predicted octanol–water partition coefficient (Wildman–Crippen LogP) is -0.192. The van der Waals surface area contributed by atoms with Gasteiger partial charge >= 0.3 is 0 Å². The van der Waals surface area contributed by atoms with Crippen LogP contribution in [0.5, 0.6) is 0 Å². The molecule has 2 aliphatic heterocycles. The summed E-state index contributed by atoms with van der Waals surface area (Å²) < 4.78 is 0. The molecule has 4 heteroatoms. The fourth-order valence-electron chi connectivity index (χ4n) is 3.02. The Bertz CT molecular complexity index is 323. The van der Waals surface area contributed by atoms with Gasteiger partial charge in [-0.15, -0.1) is 6.42 Å². The molecule has 3 atom stereocenters. The molecule has 17 heavy (non-hydrogen) atoms. The fourth-order valence-corrected chi connectivity index (χ4v) is 3.02. The lowest BCUT2D eigenvalue weighted by Crippen LogP contribution is -2.54. The van der Waals surface area contributed by atoms with Gasteiger partial charge < -0.3 is 10.6 Å². The lowest BCUT2D eigenvalue weighted by atomic mass is 9.91. The quantitative estimate of drug-likeness (QED) is 0.666. The van der Waals surface area contributed by atoms with Crippen molar-refractivity contribution in [1.82, 2.24) is 15.5 Å². The Hall–Kier alpha value is -1.05. The minimum absolute atomic E-state index is 0.0514. The van der Waals surface area contributed by atoms with Crippen molar-refractivity contribution in [1.29, 1.82) is 0 Å². The van der Waals surface area contributed by atoms with E-state index in [2.05, 4.69) is 21.5 Å². The number of fused-ring (bicyclic) bond motifs is 1. The molecule has 0 aromatic carbocycles. The molecule has 2 rings (SSSR count). The standard InChI is InChI=1S/C13H21N3O/c1-3-6-15-13(17)10(2)16-7-4-5-11-8-14-9-12(11)16/h1,10-12,14H,4-9H2,2H3,(H,15,17). The topological polar surface area (TPSA) is 44.4 Å². The maximum atomic E-state index is 11.9. The van der Waals surface area contributed by atoms with Crippen LogP contribution >= 0.6 is 0 Å². The molecule has 1 amide bonds. The zero-order chi connectivity index (χ0) is 12.3. The summed E-state index contributed by atoms with van der Waals surface area (Å²) in [6, 6.07) is 0.450. The van der Waals surface area contributed by atoms with E-state index in [1.807, 2.05) is 6.92 Å². The first-order chi connectivity index (χ1) is 8.24. The van der Waals surface area contributed by atoms with Gasteiger partial charge in [-0.2, -0.15) is 0 Å². The summed E-state index contributed by atoms with van der Waals surface area (Å²) in [7, 11) is 0. The van der Waals surface area contributed by atoms with Crippen molar-refractivity contribution >= 4 is 5.91 Å². The van der Waals surface area contributed by atoms with E-state index in [-0.39, 0.29) is 11.9 Å². The number of carbonyl (C=O) groups is 1. The molecule has 94 valence electrons. The number of likely N-dealkylation sites (tertiary alicyclic amines) is 1. The van der Waals surface area contributed by atoms with Gasteiger partial charge in [0.15, 0.2) is 0 Å². The highest BCUT2D eigenvalue weighted by Crippen LogP contribution is 2.27. The Morgan fingerprint density at radius 1 is 1.65 bits per heavy atom. The third-order valence-corrected chi connectivity index (χ3v) is 3.96. The largest absolute Gasteiger partial charge is 0.344 e. The summed E-state index contributed by atoms with van der Waals surface area (Å²) in [4.78, 5) is 14.3. The van der Waals surface area contributed by atoms with Crippen molar-refractivity contribution < 1.29 is 4.79 Å². The van der Waals surface area contributed by atoms with E-state index in [1.165, 1.54) is 12.8 Å². The van der Waals surface area contributed by atoms with Gasteiger partial charge in [-0.25, -0.2) is 0 Å². The number of hydrogen-bond donors (Lipinski definition) is 2. The van der Waals surface area contributed by atoms with Crippen LogP contribution in [0.2, 0.25) is 0 Å². The average molecular weight is 235 g/mol. The van der Waals surface area contributed by atoms with Crippen molar-refractivity contribution in [2.75, 3.05) is 26.2 Å². The molecule has 0 bridgehead atoms. The van der Waals surface area contributed by atoms with Crippen LogP contribution in [0.1, 0.15) is 19.8 Å². The van der Waals surface area contributed by atoms with Crippen LogP contribution in [0.4, 0.5) is 0 Å². The summed E-state index contributed by atoms with van der Waals surface area (Å²) >= 11 is 0. The number of terminal acetylenes is 1. The van der Waals surface area contributed by atoms with Gasteiger partial charge in [0.25, 0.3) is 0 Å². The van der Waals surface area contributed by atoms with Gasteiger partial charge in [-0.1, -0.05) is 5.92 Å². The maximum absolute atomic E-state index is 11.9. The first-order valence-electron chi connectivity index (χ1n) is 6.41. The Kier molecular flexibility index (Phi) is 4.03. The molecule has 2 saturated heterocycles. The number of nitrogens with one attached hydrogen (secondary N) is 2. The second-order valence-electron chi connectivity index (χ2n) is 4.96. The molecule has 0 aromatic heterocycles. The third kappa shape index (κ3) is 2.62. The number of amides is 1. The average Bonchev–Trinajstić information content (AvgIpc) is 2.82. The van der Waals surface area contributed by atoms with E-state index in [4.69, 9.17) is 6.42 Å². The lowest BCUT2D eigenvalue weighted by Gasteiger charge is -2.40. The first-order valence-corrected chi connectivity index (χ1v) is 6.41. The van der Waals surface area contributed by atoms with Crippen molar-refractivity contribution in [2.45, 2.75) is 31.8 Å². The molecular formula is C13H21N3O. The summed E-state index contributed by atoms with van der Waals surface area (Å²) in [5.41, 5.74) is 0. The maximum Gasteiger partial charge on any atom is 0.237 e. The predicted molar refractivity (Wildman–Crippen MR) is 67.4 cm³/mol. The normalized spacial score (nSPS) is 30.4. The highest BCUT2D eigenvalue weighted by Gasteiger charge is 2.38. The number of rotatable bonds is 3. The number of carbonyl (C=O) groups excluding carboxylic acids is 1. The van der Waals surface area contributed by atoms with Crippen molar-refractivity contribution in [3.8, 4) is 12.3 Å².